The minimum absolute atomic E-state index is 0.0567. The van der Waals surface area contributed by atoms with E-state index in [1.54, 1.807) is 54.6 Å². The normalized spacial score (nSPS) is 13.1. The SMILES string of the molecule is COc1cc(C(=O)N(C(C)C)C(C)C)ccc1OCCCCOc1ccc2c(C(=O)C(N)(Cc3ccccc3)C(=O)C(N)CCC=S)noc2c1N. The van der Waals surface area contributed by atoms with Gasteiger partial charge in [-0.1, -0.05) is 47.7 Å². The van der Waals surface area contributed by atoms with E-state index in [1.165, 1.54) is 12.5 Å². The quantitative estimate of drug-likeness (QED) is 0.0331. The van der Waals surface area contributed by atoms with Crippen molar-refractivity contribution in [2.24, 2.45) is 11.5 Å². The van der Waals surface area contributed by atoms with E-state index in [0.29, 0.717) is 66.2 Å². The van der Waals surface area contributed by atoms with Crippen LogP contribution in [0.3, 0.4) is 0 Å². The number of nitrogens with two attached hydrogens (primary N) is 3. The number of fused-ring (bicyclic) bond motifs is 1. The molecule has 6 N–H and O–H groups in total. The van der Waals surface area contributed by atoms with Crippen molar-refractivity contribution < 1.29 is 33.1 Å². The number of aromatic nitrogens is 1. The van der Waals surface area contributed by atoms with Crippen molar-refractivity contribution in [3.63, 3.8) is 0 Å². The molecule has 0 aliphatic carbocycles. The summed E-state index contributed by atoms with van der Waals surface area (Å²) in [5.41, 5.74) is 18.6. The Kier molecular flexibility index (Phi) is 13.9. The lowest BCUT2D eigenvalue weighted by molar-refractivity contribution is -0.124. The predicted molar refractivity (Wildman–Crippen MR) is 205 cm³/mol. The van der Waals surface area contributed by atoms with E-state index in [4.69, 9.17) is 48.2 Å². The molecular weight excluding hydrogens is 683 g/mol. The molecule has 52 heavy (non-hydrogen) atoms. The Morgan fingerprint density at radius 3 is 2.19 bits per heavy atom. The molecule has 0 aliphatic rings. The average Bonchev–Trinajstić information content (AvgIpc) is 3.57. The Balaban J connectivity index is 1.39. The number of nitrogens with zero attached hydrogens (tertiary/aromatic N) is 2. The number of carbonyl (C=O) groups excluding carboxylic acids is 3. The number of hydrogen-bond donors (Lipinski definition) is 3. The molecule has 0 fully saturated rings. The fraction of sp³-hybridized carbons (Fsp3) is 0.410. The van der Waals surface area contributed by atoms with Crippen LogP contribution in [0.2, 0.25) is 0 Å². The number of thiocarbonyl (C=S) groups is 1. The molecule has 13 heteroatoms. The number of methoxy groups -OCH3 is 1. The summed E-state index contributed by atoms with van der Waals surface area (Å²) in [5, 5.41) is 5.80. The molecule has 1 aromatic heterocycles. The summed E-state index contributed by atoms with van der Waals surface area (Å²) in [6.45, 7) is 8.66. The highest BCUT2D eigenvalue weighted by molar-refractivity contribution is 7.78. The molecule has 2 unspecified atom stereocenters. The zero-order valence-electron chi connectivity index (χ0n) is 30.4. The first-order valence-electron chi connectivity index (χ1n) is 17.4. The van der Waals surface area contributed by atoms with Crippen LogP contribution in [0.25, 0.3) is 11.0 Å². The van der Waals surface area contributed by atoms with Gasteiger partial charge in [-0.05, 0) is 94.6 Å². The highest BCUT2D eigenvalue weighted by Gasteiger charge is 2.46. The lowest BCUT2D eigenvalue weighted by Crippen LogP contribution is -2.61. The molecule has 0 bridgehead atoms. The van der Waals surface area contributed by atoms with Gasteiger partial charge >= 0.3 is 0 Å². The Labute approximate surface area is 309 Å². The van der Waals surface area contributed by atoms with Gasteiger partial charge in [-0.3, -0.25) is 14.4 Å². The van der Waals surface area contributed by atoms with E-state index in [-0.39, 0.29) is 47.8 Å². The van der Waals surface area contributed by atoms with Crippen molar-refractivity contribution in [3.05, 3.63) is 77.5 Å². The molecule has 1 amide bonds. The summed E-state index contributed by atoms with van der Waals surface area (Å²) < 4.78 is 22.9. The van der Waals surface area contributed by atoms with Gasteiger partial charge in [0.05, 0.1) is 31.8 Å². The molecule has 0 spiro atoms. The molecule has 2 atom stereocenters. The van der Waals surface area contributed by atoms with Gasteiger partial charge in [-0.25, -0.2) is 0 Å². The summed E-state index contributed by atoms with van der Waals surface area (Å²) in [6, 6.07) is 16.5. The van der Waals surface area contributed by atoms with Gasteiger partial charge in [-0.15, -0.1) is 0 Å². The smallest absolute Gasteiger partial charge is 0.254 e. The molecule has 0 saturated carbocycles. The van der Waals surface area contributed by atoms with Gasteiger partial charge in [0, 0.05) is 24.1 Å². The number of benzene rings is 3. The van der Waals surface area contributed by atoms with Crippen LogP contribution in [0.15, 0.2) is 65.2 Å². The number of hydrogen-bond acceptors (Lipinski definition) is 12. The third-order valence-electron chi connectivity index (χ3n) is 8.77. The van der Waals surface area contributed by atoms with Gasteiger partial charge in [0.2, 0.25) is 5.78 Å². The summed E-state index contributed by atoms with van der Waals surface area (Å²) in [6.07, 6.45) is 1.87. The summed E-state index contributed by atoms with van der Waals surface area (Å²) in [5.74, 6) is -0.0421. The molecule has 4 aromatic rings. The van der Waals surface area contributed by atoms with Crippen molar-refractivity contribution in [2.45, 2.75) is 83.5 Å². The number of nitrogen functional groups attached to an aromatic ring is 1. The van der Waals surface area contributed by atoms with Crippen LogP contribution in [-0.4, -0.2) is 76.9 Å². The Hall–Kier alpha value is -4.85. The van der Waals surface area contributed by atoms with Crippen LogP contribution >= 0.6 is 12.2 Å². The molecule has 278 valence electrons. The highest BCUT2D eigenvalue weighted by atomic mass is 32.1. The van der Waals surface area contributed by atoms with E-state index in [0.717, 1.165) is 0 Å². The van der Waals surface area contributed by atoms with Gasteiger partial charge in [0.1, 0.15) is 17.0 Å². The molecular formula is C39H49N5O7S. The molecule has 0 aliphatic heterocycles. The van der Waals surface area contributed by atoms with Crippen LogP contribution in [0, 0.1) is 0 Å². The topological polar surface area (TPSA) is 186 Å². The lowest BCUT2D eigenvalue weighted by atomic mass is 9.78. The second-order valence-electron chi connectivity index (χ2n) is 13.2. The number of amides is 1. The zero-order chi connectivity index (χ0) is 38.0. The average molecular weight is 732 g/mol. The maximum Gasteiger partial charge on any atom is 0.254 e. The summed E-state index contributed by atoms with van der Waals surface area (Å²) in [4.78, 5) is 42.6. The van der Waals surface area contributed by atoms with Crippen molar-refractivity contribution >= 4 is 51.7 Å². The van der Waals surface area contributed by atoms with Gasteiger partial charge < -0.3 is 40.8 Å². The van der Waals surface area contributed by atoms with Crippen LogP contribution in [0.1, 0.15) is 79.8 Å². The molecule has 0 saturated heterocycles. The number of ether oxygens (including phenoxy) is 3. The molecule has 0 radical (unpaired) electrons. The van der Waals surface area contributed by atoms with E-state index in [1.807, 2.05) is 38.7 Å². The maximum absolute atomic E-state index is 14.0. The lowest BCUT2D eigenvalue weighted by Gasteiger charge is -2.31. The molecule has 4 rings (SSSR count). The first-order valence-corrected chi connectivity index (χ1v) is 17.9. The second-order valence-corrected chi connectivity index (χ2v) is 13.6. The van der Waals surface area contributed by atoms with Crippen LogP contribution in [0.5, 0.6) is 17.2 Å². The molecule has 1 heterocycles. The Morgan fingerprint density at radius 1 is 0.942 bits per heavy atom. The third-order valence-corrected chi connectivity index (χ3v) is 9.00. The minimum Gasteiger partial charge on any atom is -0.493 e. The van der Waals surface area contributed by atoms with Crippen molar-refractivity contribution in [1.82, 2.24) is 10.1 Å². The van der Waals surface area contributed by atoms with Gasteiger partial charge in [0.25, 0.3) is 5.91 Å². The minimum atomic E-state index is -2.01. The number of carbonyl (C=O) groups is 3. The van der Waals surface area contributed by atoms with Crippen LogP contribution in [0.4, 0.5) is 5.69 Å². The van der Waals surface area contributed by atoms with Gasteiger partial charge in [0.15, 0.2) is 28.6 Å². The largest absolute Gasteiger partial charge is 0.493 e. The maximum atomic E-state index is 14.0. The highest BCUT2D eigenvalue weighted by Crippen LogP contribution is 2.35. The number of unbranched alkanes of at least 4 members (excludes halogenated alkanes) is 1. The van der Waals surface area contributed by atoms with E-state index in [2.05, 4.69) is 5.16 Å². The molecule has 12 nitrogen and oxygen atoms in total. The summed E-state index contributed by atoms with van der Waals surface area (Å²) in [7, 11) is 1.54. The van der Waals surface area contributed by atoms with E-state index >= 15 is 0 Å². The second kappa shape index (κ2) is 18.1. The third kappa shape index (κ3) is 9.14. The monoisotopic (exact) mass is 731 g/mol. The number of ketones is 2. The number of Topliss-reactive ketones (excluding diaryl/α,β-unsaturated/α-hetero) is 2. The van der Waals surface area contributed by atoms with Crippen molar-refractivity contribution in [1.29, 1.82) is 0 Å². The van der Waals surface area contributed by atoms with Crippen molar-refractivity contribution in [3.8, 4) is 17.2 Å². The van der Waals surface area contributed by atoms with E-state index < -0.39 is 23.1 Å². The Morgan fingerprint density at radius 2 is 1.58 bits per heavy atom. The fourth-order valence-corrected chi connectivity index (χ4v) is 6.25. The Bertz CT molecular complexity index is 1850. The summed E-state index contributed by atoms with van der Waals surface area (Å²) >= 11 is 4.89. The fourth-order valence-electron chi connectivity index (χ4n) is 6.12. The first kappa shape index (κ1) is 39.9. The predicted octanol–water partition coefficient (Wildman–Crippen LogP) is 5.71. The number of anilines is 1. The van der Waals surface area contributed by atoms with Crippen LogP contribution in [-0.2, 0) is 11.2 Å². The first-order chi connectivity index (χ1) is 24.8. The van der Waals surface area contributed by atoms with Crippen molar-refractivity contribution in [2.75, 3.05) is 26.1 Å². The standard InChI is InChI=1S/C39H49N5O7S/c1-24(2)44(25(3)4)38(47)27-15-17-30(32(22-27)48-5)49-19-9-10-20-50-31-18-16-28-34(43-51-35(28)33(31)41)37(46)39(42,23-26-12-7-6-8-13-26)36(45)29(40)14-11-21-52/h6-8,12-13,15-18,21-22,24-25,29H,9-11,14,19-20,23,40-42H2,1-5H3. The van der Waals surface area contributed by atoms with Crippen LogP contribution < -0.4 is 31.4 Å². The van der Waals surface area contributed by atoms with Gasteiger partial charge in [-0.2, -0.15) is 0 Å². The van der Waals surface area contributed by atoms with E-state index in [9.17, 15) is 14.4 Å². The zero-order valence-corrected chi connectivity index (χ0v) is 31.2. The molecule has 3 aromatic carbocycles. The number of rotatable bonds is 20.